The van der Waals surface area contributed by atoms with Gasteiger partial charge in [0, 0.05) is 45.8 Å². The van der Waals surface area contributed by atoms with Gasteiger partial charge in [0.05, 0.1) is 10.7 Å². The van der Waals surface area contributed by atoms with Gasteiger partial charge in [-0.15, -0.1) is 0 Å². The number of unbranched alkanes of at least 4 members (excludes halogenated alkanes) is 1. The van der Waals surface area contributed by atoms with Crippen LogP contribution in [-0.2, 0) is 0 Å². The summed E-state index contributed by atoms with van der Waals surface area (Å²) < 4.78 is 0. The van der Waals surface area contributed by atoms with Crippen LogP contribution < -0.4 is 16.0 Å². The fraction of sp³-hybridized carbons (Fsp3) is 0.611. The van der Waals surface area contributed by atoms with Gasteiger partial charge in [-0.1, -0.05) is 37.1 Å². The van der Waals surface area contributed by atoms with E-state index in [1.807, 2.05) is 18.2 Å². The zero-order chi connectivity index (χ0) is 17.2. The lowest BCUT2D eigenvalue weighted by molar-refractivity contribution is 0.256. The Morgan fingerprint density at radius 1 is 1.21 bits per heavy atom. The second-order valence-corrected chi connectivity index (χ2v) is 6.59. The summed E-state index contributed by atoms with van der Waals surface area (Å²) in [5.41, 5.74) is 6.98. The summed E-state index contributed by atoms with van der Waals surface area (Å²) in [4.78, 5) is 9.24. The van der Waals surface area contributed by atoms with E-state index >= 15 is 0 Å². The second-order valence-electron chi connectivity index (χ2n) is 6.18. The number of nitrogens with zero attached hydrogens (tertiary/aromatic N) is 3. The molecule has 1 saturated heterocycles. The number of guanidine groups is 1. The van der Waals surface area contributed by atoms with Crippen LogP contribution in [0.5, 0.6) is 0 Å². The standard InChI is InChI=1S/C18H30ClN5/c1-2-3-9-21-18(20)22-10-6-11-23-12-14-24(15-13-23)17-8-5-4-7-16(17)19/h4-5,7-8H,2-3,6,9-15H2,1H3,(H3,20,21,22). The molecule has 2 rings (SSSR count). The maximum Gasteiger partial charge on any atom is 0.188 e. The lowest BCUT2D eigenvalue weighted by atomic mass is 10.2. The summed E-state index contributed by atoms with van der Waals surface area (Å²) in [7, 11) is 0. The Balaban J connectivity index is 1.63. The van der Waals surface area contributed by atoms with Gasteiger partial charge in [-0.05, 0) is 25.0 Å². The average Bonchev–Trinajstić information content (AvgIpc) is 2.60. The smallest absolute Gasteiger partial charge is 0.188 e. The van der Waals surface area contributed by atoms with Gasteiger partial charge < -0.3 is 16.0 Å². The second kappa shape index (κ2) is 10.4. The first kappa shape index (κ1) is 18.9. The highest BCUT2D eigenvalue weighted by Gasteiger charge is 2.18. The fourth-order valence-corrected chi connectivity index (χ4v) is 3.12. The molecule has 3 N–H and O–H groups in total. The third-order valence-electron chi connectivity index (χ3n) is 4.32. The van der Waals surface area contributed by atoms with Crippen LogP contribution >= 0.6 is 11.6 Å². The Hall–Kier alpha value is -1.46. The van der Waals surface area contributed by atoms with Crippen LogP contribution in [0.25, 0.3) is 0 Å². The molecule has 0 amide bonds. The molecule has 1 heterocycles. The van der Waals surface area contributed by atoms with Crippen LogP contribution in [0.1, 0.15) is 26.2 Å². The molecule has 1 aliphatic heterocycles. The van der Waals surface area contributed by atoms with Gasteiger partial charge in [0.15, 0.2) is 5.96 Å². The maximum atomic E-state index is 6.28. The number of nitrogens with two attached hydrogens (primary N) is 1. The zero-order valence-corrected chi connectivity index (χ0v) is 15.4. The first-order valence-corrected chi connectivity index (χ1v) is 9.34. The Labute approximate surface area is 150 Å². The molecule has 1 aromatic carbocycles. The fourth-order valence-electron chi connectivity index (χ4n) is 2.86. The van der Waals surface area contributed by atoms with Gasteiger partial charge in [0.1, 0.15) is 0 Å². The van der Waals surface area contributed by atoms with E-state index in [9.17, 15) is 0 Å². The van der Waals surface area contributed by atoms with E-state index in [4.69, 9.17) is 17.3 Å². The highest BCUT2D eigenvalue weighted by Crippen LogP contribution is 2.25. The molecule has 24 heavy (non-hydrogen) atoms. The molecule has 0 atom stereocenters. The van der Waals surface area contributed by atoms with Crippen molar-refractivity contribution < 1.29 is 0 Å². The molecule has 1 aliphatic rings. The Morgan fingerprint density at radius 3 is 2.67 bits per heavy atom. The van der Waals surface area contributed by atoms with Crippen molar-refractivity contribution in [1.82, 2.24) is 10.2 Å². The molecule has 6 heteroatoms. The van der Waals surface area contributed by atoms with Crippen LogP contribution in [0.4, 0.5) is 5.69 Å². The van der Waals surface area contributed by atoms with Gasteiger partial charge in [-0.3, -0.25) is 9.89 Å². The molecule has 0 aromatic heterocycles. The third kappa shape index (κ3) is 6.21. The predicted octanol–water partition coefficient (Wildman–Crippen LogP) is 2.56. The van der Waals surface area contributed by atoms with Crippen LogP contribution in [0.2, 0.25) is 5.02 Å². The van der Waals surface area contributed by atoms with Crippen molar-refractivity contribution >= 4 is 23.2 Å². The maximum absolute atomic E-state index is 6.28. The molecule has 0 unspecified atom stereocenters. The number of hydrogen-bond acceptors (Lipinski definition) is 3. The number of anilines is 1. The van der Waals surface area contributed by atoms with Gasteiger partial charge in [-0.25, -0.2) is 0 Å². The van der Waals surface area contributed by atoms with Crippen LogP contribution in [0.15, 0.2) is 29.3 Å². The van der Waals surface area contributed by atoms with Gasteiger partial charge in [0.25, 0.3) is 0 Å². The number of benzene rings is 1. The first-order valence-electron chi connectivity index (χ1n) is 8.96. The van der Waals surface area contributed by atoms with Crippen molar-refractivity contribution in [3.8, 4) is 0 Å². The molecule has 0 spiro atoms. The molecule has 0 radical (unpaired) electrons. The highest BCUT2D eigenvalue weighted by molar-refractivity contribution is 6.33. The Kier molecular flexibility index (Phi) is 8.19. The molecule has 1 fully saturated rings. The minimum Gasteiger partial charge on any atom is -0.370 e. The minimum atomic E-state index is 0.576. The van der Waals surface area contributed by atoms with Crippen molar-refractivity contribution in [2.45, 2.75) is 26.2 Å². The van der Waals surface area contributed by atoms with E-state index in [-0.39, 0.29) is 0 Å². The van der Waals surface area contributed by atoms with E-state index in [1.54, 1.807) is 0 Å². The number of para-hydroxylation sites is 1. The first-order chi connectivity index (χ1) is 11.7. The summed E-state index contributed by atoms with van der Waals surface area (Å²) >= 11 is 6.28. The Bertz CT molecular complexity index is 512. The molecule has 1 aromatic rings. The normalized spacial score (nSPS) is 16.4. The largest absolute Gasteiger partial charge is 0.370 e. The van der Waals surface area contributed by atoms with Crippen LogP contribution in [0, 0.1) is 0 Å². The number of nitrogens with one attached hydrogen (secondary N) is 1. The molecule has 5 nitrogen and oxygen atoms in total. The van der Waals surface area contributed by atoms with Crippen molar-refractivity contribution in [2.75, 3.05) is 50.7 Å². The molecule has 0 saturated carbocycles. The van der Waals surface area contributed by atoms with E-state index in [2.05, 4.69) is 33.1 Å². The number of aliphatic imine (C=N–C) groups is 1. The Morgan fingerprint density at radius 2 is 1.96 bits per heavy atom. The van der Waals surface area contributed by atoms with Gasteiger partial charge >= 0.3 is 0 Å². The predicted molar refractivity (Wildman–Crippen MR) is 104 cm³/mol. The quantitative estimate of drug-likeness (QED) is 0.429. The number of halogens is 1. The lowest BCUT2D eigenvalue weighted by Gasteiger charge is -2.36. The molecule has 134 valence electrons. The summed E-state index contributed by atoms with van der Waals surface area (Å²) in [6.45, 7) is 9.12. The van der Waals surface area contributed by atoms with Crippen LogP contribution in [0.3, 0.4) is 0 Å². The zero-order valence-electron chi connectivity index (χ0n) is 14.7. The molecule has 0 bridgehead atoms. The number of hydrogen-bond donors (Lipinski definition) is 2. The van der Waals surface area contributed by atoms with E-state index in [0.29, 0.717) is 5.96 Å². The number of piperazine rings is 1. The van der Waals surface area contributed by atoms with E-state index in [0.717, 1.165) is 69.4 Å². The molecular weight excluding hydrogens is 322 g/mol. The number of rotatable bonds is 8. The third-order valence-corrected chi connectivity index (χ3v) is 4.64. The summed E-state index contributed by atoms with van der Waals surface area (Å²) in [6, 6.07) is 8.08. The van der Waals surface area contributed by atoms with Crippen molar-refractivity contribution in [1.29, 1.82) is 0 Å². The highest BCUT2D eigenvalue weighted by atomic mass is 35.5. The summed E-state index contributed by atoms with van der Waals surface area (Å²) in [6.07, 6.45) is 3.34. The average molecular weight is 352 g/mol. The van der Waals surface area contributed by atoms with Crippen molar-refractivity contribution in [3.63, 3.8) is 0 Å². The van der Waals surface area contributed by atoms with E-state index in [1.165, 1.54) is 6.42 Å². The summed E-state index contributed by atoms with van der Waals surface area (Å²) in [5, 5.41) is 3.99. The summed E-state index contributed by atoms with van der Waals surface area (Å²) in [5.74, 6) is 0.576. The molecule has 0 aliphatic carbocycles. The van der Waals surface area contributed by atoms with E-state index < -0.39 is 0 Å². The van der Waals surface area contributed by atoms with Crippen LogP contribution in [-0.4, -0.2) is 56.7 Å². The molecular formula is C18H30ClN5. The van der Waals surface area contributed by atoms with Gasteiger partial charge in [-0.2, -0.15) is 0 Å². The monoisotopic (exact) mass is 351 g/mol. The lowest BCUT2D eigenvalue weighted by Crippen LogP contribution is -2.46. The minimum absolute atomic E-state index is 0.576. The van der Waals surface area contributed by atoms with Crippen molar-refractivity contribution in [3.05, 3.63) is 29.3 Å². The topological polar surface area (TPSA) is 56.9 Å². The van der Waals surface area contributed by atoms with Gasteiger partial charge in [0.2, 0.25) is 0 Å². The SMILES string of the molecule is CCCCNC(N)=NCCCN1CCN(c2ccccc2Cl)CC1. The van der Waals surface area contributed by atoms with Crippen molar-refractivity contribution in [2.24, 2.45) is 10.7 Å².